The van der Waals surface area contributed by atoms with Crippen LogP contribution in [0.5, 0.6) is 0 Å². The molecule has 19 heavy (non-hydrogen) atoms. The lowest BCUT2D eigenvalue weighted by molar-refractivity contribution is -0.152. The molecule has 3 unspecified atom stereocenters. The summed E-state index contributed by atoms with van der Waals surface area (Å²) < 4.78 is 5.28. The predicted octanol–water partition coefficient (Wildman–Crippen LogP) is 1.70. The third-order valence-corrected chi connectivity index (χ3v) is 4.41. The number of carbonyl (C=O) groups is 2. The number of hydrogen-bond acceptors (Lipinski definition) is 3. The Morgan fingerprint density at radius 1 is 1.16 bits per heavy atom. The SMILES string of the molecule is CC1(C)CCCCC1NC(=O)C1CCC(C(=O)O)O1. The van der Waals surface area contributed by atoms with E-state index in [9.17, 15) is 9.59 Å². The van der Waals surface area contributed by atoms with Gasteiger partial charge in [0.25, 0.3) is 0 Å². The first-order valence-electron chi connectivity index (χ1n) is 7.09. The van der Waals surface area contributed by atoms with Gasteiger partial charge in [-0.25, -0.2) is 4.79 Å². The highest BCUT2D eigenvalue weighted by molar-refractivity contribution is 5.82. The van der Waals surface area contributed by atoms with E-state index in [-0.39, 0.29) is 17.4 Å². The number of carboxylic acids is 1. The third-order valence-electron chi connectivity index (χ3n) is 4.41. The minimum absolute atomic E-state index is 0.110. The van der Waals surface area contributed by atoms with E-state index in [4.69, 9.17) is 9.84 Å². The van der Waals surface area contributed by atoms with Crippen LogP contribution in [0, 0.1) is 5.41 Å². The minimum atomic E-state index is -0.978. The Balaban J connectivity index is 1.89. The van der Waals surface area contributed by atoms with Gasteiger partial charge in [-0.2, -0.15) is 0 Å². The number of amides is 1. The molecule has 1 aliphatic carbocycles. The number of ether oxygens (including phenoxy) is 1. The average Bonchev–Trinajstić information content (AvgIpc) is 2.81. The molecule has 0 aromatic rings. The largest absolute Gasteiger partial charge is 0.479 e. The first-order chi connectivity index (χ1) is 8.90. The van der Waals surface area contributed by atoms with Gasteiger partial charge >= 0.3 is 5.97 Å². The number of nitrogens with one attached hydrogen (secondary N) is 1. The molecule has 2 fully saturated rings. The maximum atomic E-state index is 12.1. The molecule has 5 nitrogen and oxygen atoms in total. The molecular weight excluding hydrogens is 246 g/mol. The summed E-state index contributed by atoms with van der Waals surface area (Å²) in [5.41, 5.74) is 0.110. The Hall–Kier alpha value is -1.10. The number of hydrogen-bond donors (Lipinski definition) is 2. The van der Waals surface area contributed by atoms with Crippen LogP contribution in [0.25, 0.3) is 0 Å². The number of aliphatic carboxylic acids is 1. The molecule has 1 saturated carbocycles. The van der Waals surface area contributed by atoms with Crippen molar-refractivity contribution in [2.24, 2.45) is 5.41 Å². The molecule has 0 aromatic heterocycles. The van der Waals surface area contributed by atoms with Crippen molar-refractivity contribution in [1.29, 1.82) is 0 Å². The lowest BCUT2D eigenvalue weighted by Crippen LogP contribution is -2.50. The van der Waals surface area contributed by atoms with Gasteiger partial charge in [0.1, 0.15) is 6.10 Å². The van der Waals surface area contributed by atoms with E-state index in [1.165, 1.54) is 6.42 Å². The van der Waals surface area contributed by atoms with Crippen LogP contribution in [0.3, 0.4) is 0 Å². The van der Waals surface area contributed by atoms with Crippen molar-refractivity contribution in [1.82, 2.24) is 5.32 Å². The zero-order chi connectivity index (χ0) is 14.0. The van der Waals surface area contributed by atoms with Gasteiger partial charge in [0.2, 0.25) is 5.91 Å². The molecule has 0 spiro atoms. The van der Waals surface area contributed by atoms with Crippen molar-refractivity contribution in [2.45, 2.75) is 70.6 Å². The van der Waals surface area contributed by atoms with E-state index >= 15 is 0 Å². The van der Waals surface area contributed by atoms with Crippen molar-refractivity contribution < 1.29 is 19.4 Å². The first-order valence-corrected chi connectivity index (χ1v) is 7.09. The highest BCUT2D eigenvalue weighted by Gasteiger charge is 2.38. The molecule has 1 saturated heterocycles. The maximum Gasteiger partial charge on any atom is 0.332 e. The van der Waals surface area contributed by atoms with E-state index in [2.05, 4.69) is 19.2 Å². The molecule has 0 aromatic carbocycles. The monoisotopic (exact) mass is 269 g/mol. The van der Waals surface area contributed by atoms with E-state index < -0.39 is 18.2 Å². The fourth-order valence-corrected chi connectivity index (χ4v) is 3.04. The predicted molar refractivity (Wildman–Crippen MR) is 69.7 cm³/mol. The quantitative estimate of drug-likeness (QED) is 0.817. The molecule has 2 rings (SSSR count). The van der Waals surface area contributed by atoms with Crippen molar-refractivity contribution in [2.75, 3.05) is 0 Å². The highest BCUT2D eigenvalue weighted by atomic mass is 16.5. The summed E-state index contributed by atoms with van der Waals surface area (Å²) in [5.74, 6) is -1.13. The molecule has 0 bridgehead atoms. The Labute approximate surface area is 113 Å². The molecule has 1 aliphatic heterocycles. The number of carboxylic acid groups (broad SMARTS) is 1. The van der Waals surface area contributed by atoms with E-state index in [1.54, 1.807) is 0 Å². The summed E-state index contributed by atoms with van der Waals surface area (Å²) in [7, 11) is 0. The molecule has 1 heterocycles. The van der Waals surface area contributed by atoms with Gasteiger partial charge in [-0.3, -0.25) is 4.79 Å². The summed E-state index contributed by atoms with van der Waals surface area (Å²) in [6.07, 6.45) is 3.94. The minimum Gasteiger partial charge on any atom is -0.479 e. The molecule has 5 heteroatoms. The second-order valence-corrected chi connectivity index (χ2v) is 6.32. The topological polar surface area (TPSA) is 75.6 Å². The van der Waals surface area contributed by atoms with Crippen molar-refractivity contribution in [3.05, 3.63) is 0 Å². The van der Waals surface area contributed by atoms with Crippen LogP contribution in [0.4, 0.5) is 0 Å². The van der Waals surface area contributed by atoms with Crippen molar-refractivity contribution in [3.63, 3.8) is 0 Å². The summed E-state index contributed by atoms with van der Waals surface area (Å²) in [6, 6.07) is 0.168. The standard InChI is InChI=1S/C14H23NO4/c1-14(2)8-4-3-5-11(14)15-12(16)9-6-7-10(19-9)13(17)18/h9-11H,3-8H2,1-2H3,(H,15,16)(H,17,18). The molecular formula is C14H23NO4. The van der Waals surface area contributed by atoms with Gasteiger partial charge in [0.05, 0.1) is 0 Å². The zero-order valence-electron chi connectivity index (χ0n) is 11.6. The first kappa shape index (κ1) is 14.3. The molecule has 2 N–H and O–H groups in total. The summed E-state index contributed by atoms with van der Waals surface area (Å²) in [6.45, 7) is 4.35. The third kappa shape index (κ3) is 3.26. The van der Waals surface area contributed by atoms with Gasteiger partial charge in [-0.15, -0.1) is 0 Å². The van der Waals surface area contributed by atoms with Crippen LogP contribution in [-0.4, -0.2) is 35.2 Å². The Morgan fingerprint density at radius 2 is 1.84 bits per heavy atom. The van der Waals surface area contributed by atoms with Crippen molar-refractivity contribution in [3.8, 4) is 0 Å². The highest BCUT2D eigenvalue weighted by Crippen LogP contribution is 2.35. The van der Waals surface area contributed by atoms with Crippen LogP contribution < -0.4 is 5.32 Å². The number of rotatable bonds is 3. The smallest absolute Gasteiger partial charge is 0.332 e. The summed E-state index contributed by atoms with van der Waals surface area (Å²) in [5, 5.41) is 11.9. The van der Waals surface area contributed by atoms with E-state index in [0.717, 1.165) is 19.3 Å². The Kier molecular flexibility index (Phi) is 4.13. The van der Waals surface area contributed by atoms with Gasteiger partial charge in [-0.1, -0.05) is 26.7 Å². The summed E-state index contributed by atoms with van der Waals surface area (Å²) in [4.78, 5) is 22.9. The van der Waals surface area contributed by atoms with Crippen LogP contribution in [0.1, 0.15) is 52.4 Å². The number of carbonyl (C=O) groups excluding carboxylic acids is 1. The fourth-order valence-electron chi connectivity index (χ4n) is 3.04. The molecule has 3 atom stereocenters. The Bertz CT molecular complexity index is 366. The van der Waals surface area contributed by atoms with Crippen molar-refractivity contribution >= 4 is 11.9 Å². The molecule has 1 amide bonds. The summed E-state index contributed by atoms with van der Waals surface area (Å²) >= 11 is 0. The average molecular weight is 269 g/mol. The van der Waals surface area contributed by atoms with Gasteiger partial charge in [0, 0.05) is 6.04 Å². The van der Waals surface area contributed by atoms with Crippen LogP contribution in [0.2, 0.25) is 0 Å². The normalized spacial score (nSPS) is 33.9. The van der Waals surface area contributed by atoms with Gasteiger partial charge in [-0.05, 0) is 31.1 Å². The van der Waals surface area contributed by atoms with Crippen LogP contribution in [0.15, 0.2) is 0 Å². The van der Waals surface area contributed by atoms with Crippen LogP contribution >= 0.6 is 0 Å². The second-order valence-electron chi connectivity index (χ2n) is 6.32. The zero-order valence-corrected chi connectivity index (χ0v) is 11.6. The fraction of sp³-hybridized carbons (Fsp3) is 0.857. The lowest BCUT2D eigenvalue weighted by atomic mass is 9.73. The van der Waals surface area contributed by atoms with E-state index in [1.807, 2.05) is 0 Å². The molecule has 0 radical (unpaired) electrons. The molecule has 108 valence electrons. The lowest BCUT2D eigenvalue weighted by Gasteiger charge is -2.39. The molecule has 2 aliphatic rings. The van der Waals surface area contributed by atoms with Crippen LogP contribution in [-0.2, 0) is 14.3 Å². The maximum absolute atomic E-state index is 12.1. The van der Waals surface area contributed by atoms with Gasteiger partial charge in [0.15, 0.2) is 6.10 Å². The second kappa shape index (κ2) is 5.49. The Morgan fingerprint density at radius 3 is 2.42 bits per heavy atom. The van der Waals surface area contributed by atoms with E-state index in [0.29, 0.717) is 12.8 Å². The van der Waals surface area contributed by atoms with Gasteiger partial charge < -0.3 is 15.2 Å².